The second-order valence-electron chi connectivity index (χ2n) is 2.72. The lowest BCUT2D eigenvalue weighted by atomic mass is 10.2. The first kappa shape index (κ1) is 14.4. The lowest BCUT2D eigenvalue weighted by molar-refractivity contribution is 0.259. The Bertz CT molecular complexity index is 486. The molecule has 0 radical (unpaired) electrons. The van der Waals surface area contributed by atoms with Crippen LogP contribution in [0.4, 0.5) is 10.5 Å². The quantitative estimate of drug-likeness (QED) is 0.823. The van der Waals surface area contributed by atoms with Crippen LogP contribution in [0.25, 0.3) is 11.0 Å². The molecule has 0 atom stereocenters. The summed E-state index contributed by atoms with van der Waals surface area (Å²) < 4.78 is 0. The van der Waals surface area contributed by atoms with Crippen LogP contribution < -0.4 is 11.1 Å². The van der Waals surface area contributed by atoms with Gasteiger partial charge in [-0.15, -0.1) is 24.8 Å². The van der Waals surface area contributed by atoms with Gasteiger partial charge in [0.05, 0.1) is 5.69 Å². The molecule has 0 spiro atoms. The summed E-state index contributed by atoms with van der Waals surface area (Å²) >= 11 is 0. The second kappa shape index (κ2) is 6.09. The van der Waals surface area contributed by atoms with E-state index in [0.717, 1.165) is 5.39 Å². The zero-order chi connectivity index (χ0) is 9.97. The molecule has 0 saturated heterocycles. The van der Waals surface area contributed by atoms with Gasteiger partial charge in [-0.05, 0) is 18.2 Å². The average molecular weight is 261 g/mol. The molecule has 2 rings (SSSR count). The highest BCUT2D eigenvalue weighted by molar-refractivity contribution is 5.98. The highest BCUT2D eigenvalue weighted by Gasteiger charge is 2.02. The molecule has 2 heterocycles. The summed E-state index contributed by atoms with van der Waals surface area (Å²) in [6.45, 7) is 0. The van der Waals surface area contributed by atoms with Gasteiger partial charge in [0.1, 0.15) is 0 Å². The van der Waals surface area contributed by atoms with Crippen molar-refractivity contribution >= 4 is 47.6 Å². The fourth-order valence-corrected chi connectivity index (χ4v) is 1.22. The topological polar surface area (TPSA) is 80.9 Å². The Morgan fingerprint density at radius 1 is 1.19 bits per heavy atom. The van der Waals surface area contributed by atoms with Gasteiger partial charge in [-0.2, -0.15) is 0 Å². The molecule has 2 aromatic heterocycles. The van der Waals surface area contributed by atoms with Crippen molar-refractivity contribution in [2.75, 3.05) is 5.32 Å². The molecule has 86 valence electrons. The molecule has 0 aromatic carbocycles. The molecule has 0 fully saturated rings. The van der Waals surface area contributed by atoms with E-state index >= 15 is 0 Å². The summed E-state index contributed by atoms with van der Waals surface area (Å²) in [7, 11) is 0. The molecule has 0 aliphatic rings. The molecule has 0 aliphatic heterocycles. The number of rotatable bonds is 1. The maximum absolute atomic E-state index is 10.7. The molecule has 3 N–H and O–H groups in total. The Kier molecular flexibility index (Phi) is 5.49. The Balaban J connectivity index is 0.00000112. The average Bonchev–Trinajstić information content (AvgIpc) is 2.18. The van der Waals surface area contributed by atoms with Crippen molar-refractivity contribution in [2.45, 2.75) is 0 Å². The highest BCUT2D eigenvalue weighted by Crippen LogP contribution is 2.18. The molecule has 7 heteroatoms. The third-order valence-corrected chi connectivity index (χ3v) is 1.77. The summed E-state index contributed by atoms with van der Waals surface area (Å²) in [5.74, 6) is 0. The van der Waals surface area contributed by atoms with Crippen molar-refractivity contribution in [3.63, 3.8) is 0 Å². The second-order valence-corrected chi connectivity index (χ2v) is 2.72. The van der Waals surface area contributed by atoms with Crippen LogP contribution in [0.15, 0.2) is 30.6 Å². The number of anilines is 1. The molecule has 2 aromatic rings. The van der Waals surface area contributed by atoms with Gasteiger partial charge in [0, 0.05) is 17.8 Å². The summed E-state index contributed by atoms with van der Waals surface area (Å²) in [5, 5.41) is 3.28. The minimum Gasteiger partial charge on any atom is -0.351 e. The van der Waals surface area contributed by atoms with Crippen LogP contribution in [0, 0.1) is 0 Å². The SMILES string of the molecule is Cl.Cl.NC(=O)Nc1ccnc2ncccc12. The minimum atomic E-state index is -0.596. The molecule has 0 aliphatic carbocycles. The number of nitrogens with zero attached hydrogens (tertiary/aromatic N) is 2. The summed E-state index contributed by atoms with van der Waals surface area (Å²) in [5.41, 5.74) is 6.23. The number of pyridine rings is 2. The van der Waals surface area contributed by atoms with Gasteiger partial charge in [-0.3, -0.25) is 0 Å². The van der Waals surface area contributed by atoms with E-state index in [-0.39, 0.29) is 24.8 Å². The fraction of sp³-hybridized carbons (Fsp3) is 0. The van der Waals surface area contributed by atoms with Crippen molar-refractivity contribution in [2.24, 2.45) is 5.73 Å². The van der Waals surface area contributed by atoms with Crippen molar-refractivity contribution in [1.29, 1.82) is 0 Å². The lowest BCUT2D eigenvalue weighted by Gasteiger charge is -2.04. The van der Waals surface area contributed by atoms with Gasteiger partial charge in [-0.25, -0.2) is 14.8 Å². The van der Waals surface area contributed by atoms with E-state index in [1.54, 1.807) is 24.5 Å². The molecule has 0 saturated carbocycles. The number of nitrogens with one attached hydrogen (secondary N) is 1. The van der Waals surface area contributed by atoms with E-state index in [4.69, 9.17) is 5.73 Å². The molecule has 2 amide bonds. The van der Waals surface area contributed by atoms with Gasteiger partial charge < -0.3 is 11.1 Å². The van der Waals surface area contributed by atoms with Crippen LogP contribution in [0.1, 0.15) is 0 Å². The van der Waals surface area contributed by atoms with Gasteiger partial charge in [0.15, 0.2) is 5.65 Å². The summed E-state index contributed by atoms with van der Waals surface area (Å²) in [6.07, 6.45) is 3.21. The van der Waals surface area contributed by atoms with E-state index < -0.39 is 6.03 Å². The third kappa shape index (κ3) is 2.95. The first-order valence-electron chi connectivity index (χ1n) is 4.03. The van der Waals surface area contributed by atoms with Crippen molar-refractivity contribution in [3.8, 4) is 0 Å². The summed E-state index contributed by atoms with van der Waals surface area (Å²) in [6, 6.07) is 4.67. The zero-order valence-corrected chi connectivity index (χ0v) is 9.72. The number of halogens is 2. The number of nitrogens with two attached hydrogens (primary N) is 1. The predicted molar refractivity (Wildman–Crippen MR) is 67.2 cm³/mol. The Labute approximate surface area is 104 Å². The predicted octanol–water partition coefficient (Wildman–Crippen LogP) is 1.96. The van der Waals surface area contributed by atoms with Gasteiger partial charge in [0.2, 0.25) is 0 Å². The van der Waals surface area contributed by atoms with Crippen molar-refractivity contribution < 1.29 is 4.79 Å². The van der Waals surface area contributed by atoms with E-state index in [9.17, 15) is 4.79 Å². The number of primary amides is 1. The maximum Gasteiger partial charge on any atom is 0.316 e. The van der Waals surface area contributed by atoms with Crippen LogP contribution in [-0.2, 0) is 0 Å². The number of carbonyl (C=O) groups excluding carboxylic acids is 1. The van der Waals surface area contributed by atoms with Crippen LogP contribution in [0.3, 0.4) is 0 Å². The lowest BCUT2D eigenvalue weighted by Crippen LogP contribution is -2.19. The molecular formula is C9H10Cl2N4O. The van der Waals surface area contributed by atoms with E-state index in [1.165, 1.54) is 0 Å². The zero-order valence-electron chi connectivity index (χ0n) is 8.08. The van der Waals surface area contributed by atoms with E-state index in [2.05, 4.69) is 15.3 Å². The van der Waals surface area contributed by atoms with E-state index in [1.807, 2.05) is 6.07 Å². The number of urea groups is 1. The third-order valence-electron chi connectivity index (χ3n) is 1.77. The monoisotopic (exact) mass is 260 g/mol. The smallest absolute Gasteiger partial charge is 0.316 e. The van der Waals surface area contributed by atoms with Crippen molar-refractivity contribution in [3.05, 3.63) is 30.6 Å². The first-order chi connectivity index (χ1) is 6.77. The van der Waals surface area contributed by atoms with Crippen molar-refractivity contribution in [1.82, 2.24) is 9.97 Å². The first-order valence-corrected chi connectivity index (χ1v) is 4.03. The Morgan fingerprint density at radius 2 is 1.88 bits per heavy atom. The largest absolute Gasteiger partial charge is 0.351 e. The molecule has 16 heavy (non-hydrogen) atoms. The number of hydrogen-bond acceptors (Lipinski definition) is 3. The molecular weight excluding hydrogens is 251 g/mol. The van der Waals surface area contributed by atoms with Gasteiger partial charge in [0.25, 0.3) is 0 Å². The number of fused-ring (bicyclic) bond motifs is 1. The van der Waals surface area contributed by atoms with E-state index in [0.29, 0.717) is 11.3 Å². The van der Waals surface area contributed by atoms with Crippen LogP contribution in [-0.4, -0.2) is 16.0 Å². The van der Waals surface area contributed by atoms with Crippen LogP contribution in [0.5, 0.6) is 0 Å². The number of aromatic nitrogens is 2. The standard InChI is InChI=1S/C9H8N4O.2ClH/c10-9(14)13-7-3-5-12-8-6(7)2-1-4-11-8;;/h1-5H,(H3,10,11,12,13,14);2*1H. The minimum absolute atomic E-state index is 0. The van der Waals surface area contributed by atoms with Gasteiger partial charge in [-0.1, -0.05) is 0 Å². The number of carbonyl (C=O) groups is 1. The molecule has 0 unspecified atom stereocenters. The summed E-state index contributed by atoms with van der Waals surface area (Å²) in [4.78, 5) is 18.8. The van der Waals surface area contributed by atoms with Gasteiger partial charge >= 0.3 is 6.03 Å². The highest BCUT2D eigenvalue weighted by atomic mass is 35.5. The maximum atomic E-state index is 10.7. The normalized spacial score (nSPS) is 8.75. The Hall–Kier alpha value is -1.59. The number of hydrogen-bond donors (Lipinski definition) is 2. The van der Waals surface area contributed by atoms with Crippen LogP contribution >= 0.6 is 24.8 Å². The molecule has 0 bridgehead atoms. The number of amides is 2. The fourth-order valence-electron chi connectivity index (χ4n) is 1.22. The Morgan fingerprint density at radius 3 is 2.56 bits per heavy atom. The molecule has 5 nitrogen and oxygen atoms in total. The van der Waals surface area contributed by atoms with Crippen LogP contribution in [0.2, 0.25) is 0 Å².